The highest BCUT2D eigenvalue weighted by atomic mass is 28.4. The van der Waals surface area contributed by atoms with Crippen molar-refractivity contribution in [2.75, 3.05) is 6.61 Å². The molecule has 7 rings (SSSR count). The van der Waals surface area contributed by atoms with E-state index in [0.717, 1.165) is 49.9 Å². The third-order valence-electron chi connectivity index (χ3n) is 8.64. The molecule has 5 aromatic rings. The fraction of sp³-hybridized carbons (Fsp3) is 0.222. The van der Waals surface area contributed by atoms with Gasteiger partial charge in [0.25, 0.3) is 14.2 Å². The van der Waals surface area contributed by atoms with Crippen LogP contribution in [0.2, 0.25) is 5.04 Å². The molecule has 7 heteroatoms. The Morgan fingerprint density at radius 1 is 0.791 bits per heavy atom. The highest BCUT2D eigenvalue weighted by Gasteiger charge is 2.50. The molecule has 1 aromatic heterocycles. The van der Waals surface area contributed by atoms with Gasteiger partial charge in [-0.25, -0.2) is 9.98 Å². The fourth-order valence-electron chi connectivity index (χ4n) is 6.66. The summed E-state index contributed by atoms with van der Waals surface area (Å²) in [5.41, 5.74) is 7.25. The van der Waals surface area contributed by atoms with Gasteiger partial charge in [0.05, 0.1) is 16.4 Å². The third kappa shape index (κ3) is 4.42. The van der Waals surface area contributed by atoms with Gasteiger partial charge in [-0.2, -0.15) is 4.98 Å². The van der Waals surface area contributed by atoms with Gasteiger partial charge in [-0.05, 0) is 52.5 Å². The lowest BCUT2D eigenvalue weighted by atomic mass is 9.96. The van der Waals surface area contributed by atoms with E-state index in [9.17, 15) is 0 Å². The molecule has 0 unspecified atom stereocenters. The first-order valence-corrected chi connectivity index (χ1v) is 16.7. The van der Waals surface area contributed by atoms with E-state index in [0.29, 0.717) is 24.7 Å². The smallest absolute Gasteiger partial charge is 0.276 e. The van der Waals surface area contributed by atoms with Crippen LogP contribution in [0.15, 0.2) is 106 Å². The van der Waals surface area contributed by atoms with Crippen LogP contribution in [0.3, 0.4) is 0 Å². The first-order valence-electron chi connectivity index (χ1n) is 14.8. The molecular weight excluding hydrogens is 549 g/mol. The molecule has 0 aliphatic carbocycles. The molecule has 2 aliphatic rings. The molecule has 0 radical (unpaired) electrons. The van der Waals surface area contributed by atoms with Crippen molar-refractivity contribution in [3.63, 3.8) is 0 Å². The minimum Gasteiger partial charge on any atom is -0.407 e. The van der Waals surface area contributed by atoms with Crippen LogP contribution >= 0.6 is 0 Å². The van der Waals surface area contributed by atoms with E-state index in [-0.39, 0.29) is 5.04 Å². The summed E-state index contributed by atoms with van der Waals surface area (Å²) in [6.45, 7) is 11.5. The third-order valence-corrected chi connectivity index (χ3v) is 13.7. The SMILES string of the molecule is CC1=C(c2nc(CCO[Si](c3ccccc3)(c3ccccc3)C(C)(C)C)no2)N=c2cc3c(c(C)c21)=Nc1ccccc1-3. The van der Waals surface area contributed by atoms with Gasteiger partial charge in [-0.1, -0.05) is 105 Å². The summed E-state index contributed by atoms with van der Waals surface area (Å²) < 4.78 is 12.8. The van der Waals surface area contributed by atoms with Gasteiger partial charge in [-0.3, -0.25) is 0 Å². The second kappa shape index (κ2) is 10.4. The molecule has 0 saturated carbocycles. The van der Waals surface area contributed by atoms with Gasteiger partial charge in [0.15, 0.2) is 5.82 Å². The average Bonchev–Trinajstić information content (AvgIpc) is 3.72. The second-order valence-electron chi connectivity index (χ2n) is 12.3. The van der Waals surface area contributed by atoms with E-state index in [1.54, 1.807) is 0 Å². The molecular formula is C36H34N4O2Si. The zero-order valence-corrected chi connectivity index (χ0v) is 26.2. The van der Waals surface area contributed by atoms with E-state index in [4.69, 9.17) is 23.9 Å². The maximum Gasteiger partial charge on any atom is 0.276 e. The first kappa shape index (κ1) is 27.4. The quantitative estimate of drug-likeness (QED) is 0.218. The average molecular weight is 583 g/mol. The van der Waals surface area contributed by atoms with Crippen LogP contribution in [-0.4, -0.2) is 25.1 Å². The van der Waals surface area contributed by atoms with Gasteiger partial charge in [0.1, 0.15) is 5.70 Å². The molecule has 6 nitrogen and oxygen atoms in total. The molecule has 0 saturated heterocycles. The molecule has 43 heavy (non-hydrogen) atoms. The van der Waals surface area contributed by atoms with E-state index >= 15 is 0 Å². The van der Waals surface area contributed by atoms with Crippen molar-refractivity contribution in [2.45, 2.75) is 46.1 Å². The molecule has 0 bridgehead atoms. The van der Waals surface area contributed by atoms with Gasteiger partial charge in [-0.15, -0.1) is 0 Å². The number of hydrogen-bond acceptors (Lipinski definition) is 6. The van der Waals surface area contributed by atoms with Crippen molar-refractivity contribution in [2.24, 2.45) is 9.98 Å². The molecule has 2 aliphatic heterocycles. The topological polar surface area (TPSA) is 72.9 Å². The zero-order valence-electron chi connectivity index (χ0n) is 25.2. The number of para-hydroxylation sites is 1. The van der Waals surface area contributed by atoms with Crippen LogP contribution in [0.5, 0.6) is 0 Å². The van der Waals surface area contributed by atoms with E-state index in [1.807, 2.05) is 6.07 Å². The maximum absolute atomic E-state index is 7.04. The number of hydrogen-bond donors (Lipinski definition) is 0. The lowest BCUT2D eigenvalue weighted by molar-refractivity contribution is 0.296. The Bertz CT molecular complexity index is 1970. The van der Waals surface area contributed by atoms with E-state index in [2.05, 4.69) is 125 Å². The maximum atomic E-state index is 7.04. The molecule has 0 fully saturated rings. The number of fused-ring (bicyclic) bond motifs is 4. The molecule has 0 N–H and O–H groups in total. The van der Waals surface area contributed by atoms with Crippen molar-refractivity contribution in [1.82, 2.24) is 10.1 Å². The normalized spacial score (nSPS) is 13.8. The lowest BCUT2D eigenvalue weighted by Crippen LogP contribution is -2.66. The van der Waals surface area contributed by atoms with Gasteiger partial charge >= 0.3 is 0 Å². The van der Waals surface area contributed by atoms with E-state index < -0.39 is 8.32 Å². The molecule has 0 atom stereocenters. The van der Waals surface area contributed by atoms with E-state index in [1.165, 1.54) is 10.4 Å². The number of nitrogens with zero attached hydrogens (tertiary/aromatic N) is 4. The Hall–Kier alpha value is -4.46. The summed E-state index contributed by atoms with van der Waals surface area (Å²) in [4.78, 5) is 14.7. The van der Waals surface area contributed by atoms with Crippen LogP contribution in [0.1, 0.15) is 50.5 Å². The minimum atomic E-state index is -2.64. The Morgan fingerprint density at radius 2 is 1.44 bits per heavy atom. The van der Waals surface area contributed by atoms with Crippen molar-refractivity contribution >= 4 is 35.6 Å². The predicted octanol–water partition coefficient (Wildman–Crippen LogP) is 5.95. The Kier molecular flexibility index (Phi) is 6.60. The highest BCUT2D eigenvalue weighted by molar-refractivity contribution is 6.99. The monoisotopic (exact) mass is 582 g/mol. The summed E-state index contributed by atoms with van der Waals surface area (Å²) in [5, 5.41) is 8.68. The molecule has 214 valence electrons. The first-order chi connectivity index (χ1) is 20.8. The van der Waals surface area contributed by atoms with Crippen molar-refractivity contribution in [3.05, 3.63) is 125 Å². The molecule has 3 heterocycles. The van der Waals surface area contributed by atoms with Crippen LogP contribution in [0, 0.1) is 6.92 Å². The van der Waals surface area contributed by atoms with Crippen molar-refractivity contribution < 1.29 is 8.95 Å². The number of rotatable bonds is 7. The van der Waals surface area contributed by atoms with Gasteiger partial charge < -0.3 is 8.95 Å². The second-order valence-corrected chi connectivity index (χ2v) is 16.6. The Labute approximate surface area is 252 Å². The lowest BCUT2D eigenvalue weighted by Gasteiger charge is -2.43. The predicted molar refractivity (Wildman–Crippen MR) is 173 cm³/mol. The summed E-state index contributed by atoms with van der Waals surface area (Å²) in [5.74, 6) is 1.05. The zero-order chi connectivity index (χ0) is 29.8. The van der Waals surface area contributed by atoms with Crippen molar-refractivity contribution in [3.8, 4) is 11.1 Å². The number of aromatic nitrogens is 2. The van der Waals surface area contributed by atoms with Crippen LogP contribution < -0.4 is 21.1 Å². The van der Waals surface area contributed by atoms with Crippen LogP contribution in [0.25, 0.3) is 22.4 Å². The largest absolute Gasteiger partial charge is 0.407 e. The highest BCUT2D eigenvalue weighted by Crippen LogP contribution is 2.38. The summed E-state index contributed by atoms with van der Waals surface area (Å²) >= 11 is 0. The van der Waals surface area contributed by atoms with Gasteiger partial charge in [0.2, 0.25) is 0 Å². The Balaban J connectivity index is 1.17. The van der Waals surface area contributed by atoms with Crippen molar-refractivity contribution in [1.29, 1.82) is 0 Å². The number of allylic oxidation sites excluding steroid dienone is 1. The summed E-state index contributed by atoms with van der Waals surface area (Å²) in [6.07, 6.45) is 0.538. The summed E-state index contributed by atoms with van der Waals surface area (Å²) in [7, 11) is -2.64. The molecule has 0 amide bonds. The summed E-state index contributed by atoms with van der Waals surface area (Å²) in [6, 6.07) is 31.7. The Morgan fingerprint density at radius 3 is 2.12 bits per heavy atom. The standard InChI is InChI=1S/C36H34N4O2Si/c1-23-32-24(2)34(38-30(32)22-28-27-18-12-13-19-29(27)37-33(23)28)35-39-31(40-42-35)20-21-41-43(36(3,4)5,25-14-8-6-9-15-25)26-16-10-7-11-17-26/h6-19,22H,20-21H2,1-5H3. The van der Waals surface area contributed by atoms with Gasteiger partial charge in [0, 0.05) is 29.7 Å². The molecule has 0 spiro atoms. The minimum absolute atomic E-state index is 0.0977. The van der Waals surface area contributed by atoms with Crippen LogP contribution in [-0.2, 0) is 10.8 Å². The van der Waals surface area contributed by atoms with Crippen LogP contribution in [0.4, 0.5) is 5.69 Å². The molecule has 4 aromatic carbocycles. The fourth-order valence-corrected chi connectivity index (χ4v) is 11.2. The number of benzene rings is 4.